The Morgan fingerprint density at radius 1 is 1.70 bits per heavy atom. The Hall–Kier alpha value is -0.600. The molecule has 1 aromatic rings. The van der Waals surface area contributed by atoms with E-state index >= 15 is 0 Å². The number of fused-ring (bicyclic) bond motifs is 3. The standard InChI is InChI=1S/C14H17IO5/c1-3-13(2,15)12(17)20-8-4-10-14(5-9(8)19-10)6-11(16)18-7-14/h4,11,16H,3,5-7H2,1-2H3. The van der Waals surface area contributed by atoms with E-state index in [9.17, 15) is 9.90 Å². The van der Waals surface area contributed by atoms with Crippen LogP contribution in [0, 0.1) is 0 Å². The van der Waals surface area contributed by atoms with Crippen LogP contribution in [0.25, 0.3) is 0 Å². The van der Waals surface area contributed by atoms with E-state index in [4.69, 9.17) is 13.9 Å². The van der Waals surface area contributed by atoms with Crippen LogP contribution in [0.2, 0.25) is 0 Å². The van der Waals surface area contributed by atoms with Gasteiger partial charge in [0.2, 0.25) is 0 Å². The molecule has 2 bridgehead atoms. The number of esters is 1. The maximum Gasteiger partial charge on any atom is 0.327 e. The van der Waals surface area contributed by atoms with Crippen molar-refractivity contribution in [1.82, 2.24) is 0 Å². The lowest BCUT2D eigenvalue weighted by molar-refractivity contribution is -0.136. The number of hydrogen-bond acceptors (Lipinski definition) is 5. The Morgan fingerprint density at radius 2 is 2.45 bits per heavy atom. The SMILES string of the molecule is CCC(C)(I)C(=O)Oc1cc2oc1CC21COC(O)C1. The van der Waals surface area contributed by atoms with Gasteiger partial charge in [0.25, 0.3) is 0 Å². The third-order valence-electron chi connectivity index (χ3n) is 4.20. The number of halogens is 1. The number of aliphatic hydroxyl groups excluding tert-OH is 1. The van der Waals surface area contributed by atoms with Crippen molar-refractivity contribution in [3.8, 4) is 5.75 Å². The van der Waals surface area contributed by atoms with Gasteiger partial charge in [0.1, 0.15) is 14.9 Å². The lowest BCUT2D eigenvalue weighted by Gasteiger charge is -2.22. The summed E-state index contributed by atoms with van der Waals surface area (Å²) in [5.74, 6) is 1.68. The minimum atomic E-state index is -0.733. The highest BCUT2D eigenvalue weighted by atomic mass is 127. The fourth-order valence-corrected chi connectivity index (χ4v) is 2.74. The molecule has 3 rings (SSSR count). The molecule has 1 spiro atoms. The first-order chi connectivity index (χ1) is 9.36. The average Bonchev–Trinajstić information content (AvgIpc) is 3.05. The quantitative estimate of drug-likeness (QED) is 0.486. The molecule has 1 aromatic heterocycles. The van der Waals surface area contributed by atoms with Crippen LogP contribution in [0.5, 0.6) is 5.75 Å². The molecule has 5 nitrogen and oxygen atoms in total. The predicted octanol–water partition coefficient (Wildman–Crippen LogP) is 2.32. The van der Waals surface area contributed by atoms with Crippen molar-refractivity contribution in [2.24, 2.45) is 0 Å². The Balaban J connectivity index is 1.77. The zero-order chi connectivity index (χ0) is 14.5. The second kappa shape index (κ2) is 4.71. The topological polar surface area (TPSA) is 68.9 Å². The molecule has 0 amide bonds. The number of carbonyl (C=O) groups excluding carboxylic acids is 1. The van der Waals surface area contributed by atoms with Gasteiger partial charge >= 0.3 is 5.97 Å². The van der Waals surface area contributed by atoms with E-state index in [1.165, 1.54) is 0 Å². The number of alkyl halides is 1. The van der Waals surface area contributed by atoms with Crippen LogP contribution in [0.15, 0.2) is 10.5 Å². The van der Waals surface area contributed by atoms with E-state index in [0.717, 1.165) is 5.76 Å². The second-order valence-electron chi connectivity index (χ2n) is 5.77. The normalized spacial score (nSPS) is 30.7. The van der Waals surface area contributed by atoms with E-state index in [2.05, 4.69) is 22.6 Å². The van der Waals surface area contributed by atoms with Gasteiger partial charge < -0.3 is 19.0 Å². The Kier molecular flexibility index (Phi) is 3.38. The third-order valence-corrected chi connectivity index (χ3v) is 5.40. The highest BCUT2D eigenvalue weighted by Gasteiger charge is 2.50. The molecule has 110 valence electrons. The third kappa shape index (κ3) is 2.17. The number of carbonyl (C=O) groups is 1. The highest BCUT2D eigenvalue weighted by Crippen LogP contribution is 2.49. The van der Waals surface area contributed by atoms with E-state index in [-0.39, 0.29) is 11.4 Å². The number of aliphatic hydroxyl groups is 1. The van der Waals surface area contributed by atoms with Crippen molar-refractivity contribution in [3.63, 3.8) is 0 Å². The zero-order valence-electron chi connectivity index (χ0n) is 11.4. The first kappa shape index (κ1) is 14.3. The summed E-state index contributed by atoms with van der Waals surface area (Å²) >= 11 is 2.11. The number of hydrogen-bond donors (Lipinski definition) is 1. The van der Waals surface area contributed by atoms with Crippen LogP contribution in [0.1, 0.15) is 38.2 Å². The minimum absolute atomic E-state index is 0.257. The van der Waals surface area contributed by atoms with Crippen molar-refractivity contribution in [2.45, 2.75) is 48.2 Å². The van der Waals surface area contributed by atoms with Gasteiger partial charge in [-0.15, -0.1) is 0 Å². The van der Waals surface area contributed by atoms with Crippen LogP contribution in [0.3, 0.4) is 0 Å². The molecule has 1 N–H and O–H groups in total. The molecule has 6 heteroatoms. The van der Waals surface area contributed by atoms with Crippen molar-refractivity contribution in [2.75, 3.05) is 6.61 Å². The van der Waals surface area contributed by atoms with Gasteiger partial charge in [0.05, 0.1) is 12.0 Å². The zero-order valence-corrected chi connectivity index (χ0v) is 13.6. The first-order valence-corrected chi connectivity index (χ1v) is 7.78. The molecular formula is C14H17IO5. The lowest BCUT2D eigenvalue weighted by Crippen LogP contribution is -2.33. The molecule has 20 heavy (non-hydrogen) atoms. The maximum atomic E-state index is 12.1. The monoisotopic (exact) mass is 392 g/mol. The molecule has 1 fully saturated rings. The number of rotatable bonds is 3. The van der Waals surface area contributed by atoms with Gasteiger partial charge in [0.15, 0.2) is 12.0 Å². The minimum Gasteiger partial charge on any atom is -0.461 e. The van der Waals surface area contributed by atoms with E-state index in [1.807, 2.05) is 13.8 Å². The molecule has 0 saturated carbocycles. The molecular weight excluding hydrogens is 375 g/mol. The Morgan fingerprint density at radius 3 is 2.95 bits per heavy atom. The van der Waals surface area contributed by atoms with Gasteiger partial charge in [-0.25, -0.2) is 0 Å². The molecule has 3 heterocycles. The van der Waals surface area contributed by atoms with E-state index in [0.29, 0.717) is 37.4 Å². The molecule has 3 atom stereocenters. The Labute approximate surface area is 130 Å². The van der Waals surface area contributed by atoms with Crippen LogP contribution < -0.4 is 4.74 Å². The first-order valence-electron chi connectivity index (χ1n) is 6.70. The van der Waals surface area contributed by atoms with Crippen molar-refractivity contribution >= 4 is 28.6 Å². The predicted molar refractivity (Wildman–Crippen MR) is 79.0 cm³/mol. The smallest absolute Gasteiger partial charge is 0.327 e. The fraction of sp³-hybridized carbons (Fsp3) is 0.643. The van der Waals surface area contributed by atoms with Crippen molar-refractivity contribution < 1.29 is 23.8 Å². The van der Waals surface area contributed by atoms with Gasteiger partial charge in [0, 0.05) is 18.9 Å². The van der Waals surface area contributed by atoms with Gasteiger partial charge in [-0.3, -0.25) is 4.79 Å². The summed E-state index contributed by atoms with van der Waals surface area (Å²) in [4.78, 5) is 12.1. The average molecular weight is 392 g/mol. The summed E-state index contributed by atoms with van der Waals surface area (Å²) < 4.78 is 15.8. The second-order valence-corrected chi connectivity index (χ2v) is 8.15. The molecule has 0 aromatic carbocycles. The Bertz CT molecular complexity index is 550. The van der Waals surface area contributed by atoms with Crippen molar-refractivity contribution in [1.29, 1.82) is 0 Å². The molecule has 2 aliphatic heterocycles. The maximum absolute atomic E-state index is 12.1. The number of ether oxygens (including phenoxy) is 2. The van der Waals surface area contributed by atoms with Gasteiger partial charge in [-0.2, -0.15) is 0 Å². The molecule has 2 aliphatic rings. The van der Waals surface area contributed by atoms with Crippen LogP contribution >= 0.6 is 22.6 Å². The van der Waals surface area contributed by atoms with E-state index < -0.39 is 9.71 Å². The fourth-order valence-electron chi connectivity index (χ4n) is 2.63. The highest BCUT2D eigenvalue weighted by molar-refractivity contribution is 14.1. The molecule has 1 saturated heterocycles. The molecule has 3 unspecified atom stereocenters. The van der Waals surface area contributed by atoms with Crippen LogP contribution in [0.4, 0.5) is 0 Å². The molecule has 0 radical (unpaired) electrons. The van der Waals surface area contributed by atoms with Gasteiger partial charge in [-0.05, 0) is 13.3 Å². The summed E-state index contributed by atoms with van der Waals surface area (Å²) in [6, 6.07) is 1.76. The van der Waals surface area contributed by atoms with Crippen molar-refractivity contribution in [3.05, 3.63) is 17.6 Å². The van der Waals surface area contributed by atoms with Crippen LogP contribution in [-0.4, -0.2) is 27.4 Å². The largest absolute Gasteiger partial charge is 0.461 e. The molecule has 0 aliphatic carbocycles. The summed E-state index contributed by atoms with van der Waals surface area (Å²) in [6.45, 7) is 4.25. The summed E-state index contributed by atoms with van der Waals surface area (Å²) in [6.07, 6.45) is 1.13. The lowest BCUT2D eigenvalue weighted by atomic mass is 9.79. The summed E-state index contributed by atoms with van der Waals surface area (Å²) in [5, 5.41) is 9.53. The van der Waals surface area contributed by atoms with Crippen LogP contribution in [-0.2, 0) is 21.4 Å². The summed E-state index contributed by atoms with van der Waals surface area (Å²) in [5.41, 5.74) is -0.261. The summed E-state index contributed by atoms with van der Waals surface area (Å²) in [7, 11) is 0. The van der Waals surface area contributed by atoms with E-state index in [1.54, 1.807) is 6.07 Å². The van der Waals surface area contributed by atoms with Gasteiger partial charge in [-0.1, -0.05) is 29.5 Å². The number of furan rings is 1.